The van der Waals surface area contributed by atoms with Crippen LogP contribution in [0.25, 0.3) is 0 Å². The number of aryl methyl sites for hydroxylation is 1. The molecule has 7 nitrogen and oxygen atoms in total. The first kappa shape index (κ1) is 15.6. The molecule has 0 unspecified atom stereocenters. The van der Waals surface area contributed by atoms with E-state index < -0.39 is 5.91 Å². The van der Waals surface area contributed by atoms with Crippen molar-refractivity contribution in [1.82, 2.24) is 20.4 Å². The SMILES string of the molecule is CC(C)NC(=O)CCNC(=O)c1nn2c(c1Cl)OCCC2. The van der Waals surface area contributed by atoms with Gasteiger partial charge in [-0.3, -0.25) is 9.59 Å². The molecule has 2 rings (SSSR count). The first-order chi connectivity index (χ1) is 9.99. The summed E-state index contributed by atoms with van der Waals surface area (Å²) in [7, 11) is 0. The van der Waals surface area contributed by atoms with E-state index in [1.54, 1.807) is 4.68 Å². The number of halogens is 1. The molecule has 0 saturated heterocycles. The zero-order valence-electron chi connectivity index (χ0n) is 12.1. The third-order valence-electron chi connectivity index (χ3n) is 2.91. The topological polar surface area (TPSA) is 85.3 Å². The van der Waals surface area contributed by atoms with Gasteiger partial charge in [0.15, 0.2) is 5.69 Å². The molecular formula is C13H19ClN4O3. The number of nitrogens with zero attached hydrogens (tertiary/aromatic N) is 2. The lowest BCUT2D eigenvalue weighted by Crippen LogP contribution is -2.34. The van der Waals surface area contributed by atoms with Crippen LogP contribution in [0.5, 0.6) is 5.88 Å². The van der Waals surface area contributed by atoms with Crippen LogP contribution in [0.15, 0.2) is 0 Å². The van der Waals surface area contributed by atoms with Crippen LogP contribution in [0.2, 0.25) is 5.02 Å². The maximum absolute atomic E-state index is 12.0. The standard InChI is InChI=1S/C13H19ClN4O3/c1-8(2)16-9(19)4-5-15-12(20)11-10(14)13-18(17-11)6-3-7-21-13/h8H,3-7H2,1-2H3,(H,15,20)(H,16,19). The Morgan fingerprint density at radius 1 is 1.48 bits per heavy atom. The zero-order chi connectivity index (χ0) is 15.4. The van der Waals surface area contributed by atoms with Crippen LogP contribution >= 0.6 is 11.6 Å². The number of aromatic nitrogens is 2. The Bertz CT molecular complexity index is 542. The Balaban J connectivity index is 1.89. The summed E-state index contributed by atoms with van der Waals surface area (Å²) in [5.74, 6) is -0.0719. The summed E-state index contributed by atoms with van der Waals surface area (Å²) in [6.07, 6.45) is 1.05. The zero-order valence-corrected chi connectivity index (χ0v) is 12.9. The number of carbonyl (C=O) groups excluding carboxylic acids is 2. The van der Waals surface area contributed by atoms with Crippen molar-refractivity contribution in [3.8, 4) is 5.88 Å². The fourth-order valence-electron chi connectivity index (χ4n) is 2.01. The van der Waals surface area contributed by atoms with E-state index >= 15 is 0 Å². The van der Waals surface area contributed by atoms with Gasteiger partial charge in [0.05, 0.1) is 6.61 Å². The Morgan fingerprint density at radius 3 is 2.90 bits per heavy atom. The molecule has 0 aromatic carbocycles. The van der Waals surface area contributed by atoms with Gasteiger partial charge in [0.1, 0.15) is 5.02 Å². The van der Waals surface area contributed by atoms with E-state index in [1.165, 1.54) is 0 Å². The normalized spacial score (nSPS) is 13.5. The molecule has 0 aliphatic carbocycles. The van der Waals surface area contributed by atoms with Crippen LogP contribution in [0.3, 0.4) is 0 Å². The highest BCUT2D eigenvalue weighted by atomic mass is 35.5. The largest absolute Gasteiger partial charge is 0.477 e. The van der Waals surface area contributed by atoms with Gasteiger partial charge >= 0.3 is 0 Å². The number of nitrogens with one attached hydrogen (secondary N) is 2. The fourth-order valence-corrected chi connectivity index (χ4v) is 2.29. The lowest BCUT2D eigenvalue weighted by Gasteiger charge is -2.14. The molecular weight excluding hydrogens is 296 g/mol. The van der Waals surface area contributed by atoms with Crippen molar-refractivity contribution in [3.05, 3.63) is 10.7 Å². The molecule has 2 N–H and O–H groups in total. The van der Waals surface area contributed by atoms with Crippen molar-refractivity contribution in [2.75, 3.05) is 13.2 Å². The van der Waals surface area contributed by atoms with Crippen LogP contribution in [0.1, 0.15) is 37.2 Å². The molecule has 2 heterocycles. The van der Waals surface area contributed by atoms with E-state index in [0.717, 1.165) is 6.42 Å². The molecule has 1 aliphatic heterocycles. The van der Waals surface area contributed by atoms with E-state index in [4.69, 9.17) is 16.3 Å². The Morgan fingerprint density at radius 2 is 2.24 bits per heavy atom. The van der Waals surface area contributed by atoms with Crippen molar-refractivity contribution < 1.29 is 14.3 Å². The van der Waals surface area contributed by atoms with Crippen molar-refractivity contribution in [2.45, 2.75) is 39.3 Å². The maximum Gasteiger partial charge on any atom is 0.273 e. The Hall–Kier alpha value is -1.76. The van der Waals surface area contributed by atoms with Gasteiger partial charge in [-0.25, -0.2) is 4.68 Å². The van der Waals surface area contributed by atoms with E-state index in [0.29, 0.717) is 19.0 Å². The van der Waals surface area contributed by atoms with Crippen molar-refractivity contribution in [2.24, 2.45) is 0 Å². The summed E-state index contributed by atoms with van der Waals surface area (Å²) < 4.78 is 6.99. The molecule has 8 heteroatoms. The second kappa shape index (κ2) is 6.80. The van der Waals surface area contributed by atoms with Crippen LogP contribution in [-0.2, 0) is 11.3 Å². The third kappa shape index (κ3) is 3.87. The number of hydrogen-bond donors (Lipinski definition) is 2. The summed E-state index contributed by atoms with van der Waals surface area (Å²) in [6.45, 7) is 5.25. The Labute approximate surface area is 128 Å². The highest BCUT2D eigenvalue weighted by molar-refractivity contribution is 6.34. The highest BCUT2D eigenvalue weighted by Crippen LogP contribution is 2.30. The summed E-state index contributed by atoms with van der Waals surface area (Å²) in [6, 6.07) is 0.0830. The number of hydrogen-bond acceptors (Lipinski definition) is 4. The Kier molecular flexibility index (Phi) is 5.06. The lowest BCUT2D eigenvalue weighted by atomic mass is 10.3. The number of fused-ring (bicyclic) bond motifs is 1. The van der Waals surface area contributed by atoms with Crippen molar-refractivity contribution >= 4 is 23.4 Å². The molecule has 1 aromatic heterocycles. The molecule has 21 heavy (non-hydrogen) atoms. The second-order valence-corrected chi connectivity index (χ2v) is 5.50. The molecule has 0 fully saturated rings. The molecule has 0 radical (unpaired) electrons. The molecule has 0 atom stereocenters. The third-order valence-corrected chi connectivity index (χ3v) is 3.25. The van der Waals surface area contributed by atoms with E-state index in [2.05, 4.69) is 15.7 Å². The van der Waals surface area contributed by atoms with Crippen LogP contribution in [0, 0.1) is 0 Å². The summed E-state index contributed by atoms with van der Waals surface area (Å²) >= 11 is 6.10. The molecule has 0 saturated carbocycles. The molecule has 1 aliphatic rings. The van der Waals surface area contributed by atoms with Crippen molar-refractivity contribution in [1.29, 1.82) is 0 Å². The predicted octanol–water partition coefficient (Wildman–Crippen LogP) is 0.963. The summed E-state index contributed by atoms with van der Waals surface area (Å²) in [5.41, 5.74) is 0.137. The fraction of sp³-hybridized carbons (Fsp3) is 0.615. The van der Waals surface area contributed by atoms with Gasteiger partial charge < -0.3 is 15.4 Å². The minimum absolute atomic E-state index is 0.0830. The number of amides is 2. The lowest BCUT2D eigenvalue weighted by molar-refractivity contribution is -0.121. The molecule has 2 amide bonds. The monoisotopic (exact) mass is 314 g/mol. The number of carbonyl (C=O) groups is 2. The van der Waals surface area contributed by atoms with Crippen molar-refractivity contribution in [3.63, 3.8) is 0 Å². The average Bonchev–Trinajstić information content (AvgIpc) is 2.76. The van der Waals surface area contributed by atoms with E-state index in [1.807, 2.05) is 13.8 Å². The van der Waals surface area contributed by atoms with Gasteiger partial charge in [-0.05, 0) is 13.8 Å². The van der Waals surface area contributed by atoms with Gasteiger partial charge in [-0.2, -0.15) is 5.10 Å². The molecule has 0 spiro atoms. The molecule has 116 valence electrons. The summed E-state index contributed by atoms with van der Waals surface area (Å²) in [5, 5.41) is 9.75. The van der Waals surface area contributed by atoms with Crippen LogP contribution < -0.4 is 15.4 Å². The highest BCUT2D eigenvalue weighted by Gasteiger charge is 2.24. The van der Waals surface area contributed by atoms with Gasteiger partial charge in [0.2, 0.25) is 11.8 Å². The second-order valence-electron chi connectivity index (χ2n) is 5.12. The van der Waals surface area contributed by atoms with Crippen LogP contribution in [0.4, 0.5) is 0 Å². The minimum Gasteiger partial charge on any atom is -0.477 e. The number of ether oxygens (including phenoxy) is 1. The molecule has 0 bridgehead atoms. The number of rotatable bonds is 5. The average molecular weight is 315 g/mol. The maximum atomic E-state index is 12.0. The van der Waals surface area contributed by atoms with Gasteiger partial charge in [-0.15, -0.1) is 0 Å². The van der Waals surface area contributed by atoms with Gasteiger partial charge in [0.25, 0.3) is 5.91 Å². The first-order valence-electron chi connectivity index (χ1n) is 6.95. The summed E-state index contributed by atoms with van der Waals surface area (Å²) in [4.78, 5) is 23.5. The minimum atomic E-state index is -0.400. The van der Waals surface area contributed by atoms with Crippen LogP contribution in [-0.4, -0.2) is 40.8 Å². The molecule has 1 aromatic rings. The first-order valence-corrected chi connectivity index (χ1v) is 7.33. The van der Waals surface area contributed by atoms with E-state index in [9.17, 15) is 9.59 Å². The van der Waals surface area contributed by atoms with E-state index in [-0.39, 0.29) is 35.6 Å². The smallest absolute Gasteiger partial charge is 0.273 e. The van der Waals surface area contributed by atoms with Gasteiger partial charge in [0, 0.05) is 32.0 Å². The van der Waals surface area contributed by atoms with Gasteiger partial charge in [-0.1, -0.05) is 11.6 Å². The quantitative estimate of drug-likeness (QED) is 0.848. The predicted molar refractivity (Wildman–Crippen MR) is 77.6 cm³/mol.